The maximum absolute atomic E-state index is 12.1. The van der Waals surface area contributed by atoms with Gasteiger partial charge in [-0.05, 0) is 61.7 Å². The lowest BCUT2D eigenvalue weighted by Gasteiger charge is -2.13. The summed E-state index contributed by atoms with van der Waals surface area (Å²) in [7, 11) is 0. The first-order valence-electron chi connectivity index (χ1n) is 11.2. The third kappa shape index (κ3) is 7.39. The molecule has 0 aliphatic heterocycles. The SMILES string of the molecule is Cc1ccc(NC(=O)C(=O)NCc2ccc(/C=N/NC(=O)C(=O)N[C@H](C)c3ccccc3)o2)cc1C. The van der Waals surface area contributed by atoms with Crippen molar-refractivity contribution in [3.05, 3.63) is 88.9 Å². The molecule has 4 amide bonds. The molecular weight excluding hydrogens is 462 g/mol. The van der Waals surface area contributed by atoms with E-state index in [0.717, 1.165) is 16.7 Å². The Morgan fingerprint density at radius 3 is 2.36 bits per heavy atom. The van der Waals surface area contributed by atoms with Crippen LogP contribution in [0.25, 0.3) is 0 Å². The molecule has 2 aromatic carbocycles. The first-order valence-corrected chi connectivity index (χ1v) is 11.2. The largest absolute Gasteiger partial charge is 0.458 e. The van der Waals surface area contributed by atoms with Gasteiger partial charge in [0.1, 0.15) is 11.5 Å². The highest BCUT2D eigenvalue weighted by Gasteiger charge is 2.17. The fraction of sp³-hybridized carbons (Fsp3) is 0.192. The molecule has 0 aliphatic carbocycles. The molecule has 36 heavy (non-hydrogen) atoms. The summed E-state index contributed by atoms with van der Waals surface area (Å²) < 4.78 is 5.48. The molecule has 0 bridgehead atoms. The average Bonchev–Trinajstić information content (AvgIpc) is 3.32. The van der Waals surface area contributed by atoms with Gasteiger partial charge in [-0.2, -0.15) is 5.10 Å². The van der Waals surface area contributed by atoms with Crippen LogP contribution in [0, 0.1) is 13.8 Å². The van der Waals surface area contributed by atoms with Gasteiger partial charge in [0.25, 0.3) is 0 Å². The quantitative estimate of drug-likeness (QED) is 0.229. The Morgan fingerprint density at radius 1 is 0.889 bits per heavy atom. The van der Waals surface area contributed by atoms with Crippen molar-refractivity contribution in [3.8, 4) is 0 Å². The number of anilines is 1. The predicted octanol–water partition coefficient (Wildman–Crippen LogP) is 2.48. The van der Waals surface area contributed by atoms with Gasteiger partial charge in [0.15, 0.2) is 0 Å². The van der Waals surface area contributed by atoms with E-state index in [1.54, 1.807) is 31.2 Å². The zero-order valence-electron chi connectivity index (χ0n) is 20.1. The number of carbonyl (C=O) groups excluding carboxylic acids is 4. The van der Waals surface area contributed by atoms with Crippen molar-refractivity contribution in [2.45, 2.75) is 33.4 Å². The second-order valence-electron chi connectivity index (χ2n) is 8.04. The average molecular weight is 490 g/mol. The summed E-state index contributed by atoms with van der Waals surface area (Å²) in [4.78, 5) is 48.2. The molecule has 0 aliphatic rings. The smallest absolute Gasteiger partial charge is 0.329 e. The molecule has 0 fully saturated rings. The molecule has 10 heteroatoms. The summed E-state index contributed by atoms with van der Waals surface area (Å²) >= 11 is 0. The Morgan fingerprint density at radius 2 is 1.64 bits per heavy atom. The highest BCUT2D eigenvalue weighted by atomic mass is 16.3. The van der Waals surface area contributed by atoms with E-state index in [1.807, 2.05) is 50.2 Å². The maximum Gasteiger partial charge on any atom is 0.329 e. The minimum absolute atomic E-state index is 0.0286. The third-order valence-electron chi connectivity index (χ3n) is 5.29. The fourth-order valence-corrected chi connectivity index (χ4v) is 3.11. The van der Waals surface area contributed by atoms with E-state index in [4.69, 9.17) is 4.42 Å². The molecule has 186 valence electrons. The Balaban J connectivity index is 1.42. The second kappa shape index (κ2) is 12.1. The van der Waals surface area contributed by atoms with Gasteiger partial charge in [0, 0.05) is 5.69 Å². The maximum atomic E-state index is 12.1. The fourth-order valence-electron chi connectivity index (χ4n) is 3.11. The molecule has 0 saturated heterocycles. The zero-order chi connectivity index (χ0) is 26.1. The molecule has 4 N–H and O–H groups in total. The van der Waals surface area contributed by atoms with E-state index in [1.165, 1.54) is 6.21 Å². The minimum Gasteiger partial charge on any atom is -0.458 e. The van der Waals surface area contributed by atoms with Crippen molar-refractivity contribution in [2.24, 2.45) is 5.10 Å². The second-order valence-corrected chi connectivity index (χ2v) is 8.04. The van der Waals surface area contributed by atoms with Crippen molar-refractivity contribution >= 4 is 35.5 Å². The van der Waals surface area contributed by atoms with Crippen molar-refractivity contribution in [2.75, 3.05) is 5.32 Å². The van der Waals surface area contributed by atoms with E-state index in [0.29, 0.717) is 11.4 Å². The van der Waals surface area contributed by atoms with Gasteiger partial charge in [-0.15, -0.1) is 0 Å². The lowest BCUT2D eigenvalue weighted by Crippen LogP contribution is -2.39. The standard InChI is InChI=1S/C26H27N5O5/c1-16-9-10-20(13-17(16)2)30-24(33)23(32)27-14-21-11-12-22(36-21)15-28-31-26(35)25(34)29-18(3)19-7-5-4-6-8-19/h4-13,15,18H,14H2,1-3H3,(H,27,32)(H,29,34)(H,30,33)(H,31,35)/b28-15+/t18-/m1/s1. The first kappa shape index (κ1) is 25.9. The Bertz CT molecular complexity index is 1280. The van der Waals surface area contributed by atoms with Crippen LogP contribution in [0.4, 0.5) is 5.69 Å². The van der Waals surface area contributed by atoms with Gasteiger partial charge in [-0.25, -0.2) is 5.43 Å². The Hall–Kier alpha value is -4.73. The normalized spacial score (nSPS) is 11.5. The van der Waals surface area contributed by atoms with Gasteiger partial charge in [0.2, 0.25) is 0 Å². The number of nitrogens with one attached hydrogen (secondary N) is 4. The van der Waals surface area contributed by atoms with Gasteiger partial charge >= 0.3 is 23.6 Å². The van der Waals surface area contributed by atoms with Gasteiger partial charge in [0.05, 0.1) is 18.8 Å². The number of benzene rings is 2. The Kier molecular flexibility index (Phi) is 8.71. The van der Waals surface area contributed by atoms with Gasteiger partial charge < -0.3 is 20.4 Å². The number of aryl methyl sites for hydroxylation is 2. The topological polar surface area (TPSA) is 142 Å². The number of carbonyl (C=O) groups is 4. The molecule has 1 heterocycles. The number of hydrogen-bond acceptors (Lipinski definition) is 6. The van der Waals surface area contributed by atoms with Gasteiger partial charge in [-0.1, -0.05) is 36.4 Å². The number of hydrogen-bond donors (Lipinski definition) is 4. The summed E-state index contributed by atoms with van der Waals surface area (Å²) in [6.07, 6.45) is 1.21. The molecule has 10 nitrogen and oxygen atoms in total. The number of rotatable bonds is 7. The molecule has 0 unspecified atom stereocenters. The van der Waals surface area contributed by atoms with Crippen LogP contribution in [-0.4, -0.2) is 29.8 Å². The van der Waals surface area contributed by atoms with E-state index in [2.05, 4.69) is 26.5 Å². The summed E-state index contributed by atoms with van der Waals surface area (Å²) in [5, 5.41) is 11.3. The number of furan rings is 1. The molecule has 3 rings (SSSR count). The Labute approximate surface area is 208 Å². The van der Waals surface area contributed by atoms with Crippen molar-refractivity contribution in [1.82, 2.24) is 16.1 Å². The summed E-state index contributed by atoms with van der Waals surface area (Å²) in [6, 6.07) is 17.4. The molecule has 0 spiro atoms. The highest BCUT2D eigenvalue weighted by Crippen LogP contribution is 2.14. The van der Waals surface area contributed by atoms with E-state index in [9.17, 15) is 19.2 Å². The van der Waals surface area contributed by atoms with Crippen LogP contribution in [-0.2, 0) is 25.7 Å². The van der Waals surface area contributed by atoms with E-state index >= 15 is 0 Å². The summed E-state index contributed by atoms with van der Waals surface area (Å²) in [5.41, 5.74) is 5.59. The lowest BCUT2D eigenvalue weighted by molar-refractivity contribution is -0.139. The summed E-state index contributed by atoms with van der Waals surface area (Å²) in [6.45, 7) is 5.60. The van der Waals surface area contributed by atoms with Crippen LogP contribution in [0.1, 0.15) is 41.2 Å². The van der Waals surface area contributed by atoms with Crippen LogP contribution in [0.15, 0.2) is 70.2 Å². The van der Waals surface area contributed by atoms with Crippen LogP contribution >= 0.6 is 0 Å². The third-order valence-corrected chi connectivity index (χ3v) is 5.29. The van der Waals surface area contributed by atoms with Crippen LogP contribution in [0.5, 0.6) is 0 Å². The molecule has 3 aromatic rings. The van der Waals surface area contributed by atoms with Crippen LogP contribution in [0.2, 0.25) is 0 Å². The lowest BCUT2D eigenvalue weighted by atomic mass is 10.1. The molecule has 1 atom stereocenters. The van der Waals surface area contributed by atoms with E-state index in [-0.39, 0.29) is 18.3 Å². The van der Waals surface area contributed by atoms with Gasteiger partial charge in [-0.3, -0.25) is 19.2 Å². The molecule has 0 saturated carbocycles. The summed E-state index contributed by atoms with van der Waals surface area (Å²) in [5.74, 6) is -2.73. The first-order chi connectivity index (χ1) is 17.2. The number of nitrogens with zero attached hydrogens (tertiary/aromatic N) is 1. The van der Waals surface area contributed by atoms with Crippen molar-refractivity contribution in [1.29, 1.82) is 0 Å². The van der Waals surface area contributed by atoms with Crippen molar-refractivity contribution in [3.63, 3.8) is 0 Å². The van der Waals surface area contributed by atoms with Crippen LogP contribution in [0.3, 0.4) is 0 Å². The highest BCUT2D eigenvalue weighted by molar-refractivity contribution is 6.39. The number of amides is 4. The van der Waals surface area contributed by atoms with Crippen LogP contribution < -0.4 is 21.4 Å². The van der Waals surface area contributed by atoms with Crippen molar-refractivity contribution < 1.29 is 23.6 Å². The predicted molar refractivity (Wildman–Crippen MR) is 134 cm³/mol. The van der Waals surface area contributed by atoms with E-state index < -0.39 is 23.6 Å². The number of hydrazone groups is 1. The minimum atomic E-state index is -0.928. The molecule has 0 radical (unpaired) electrons. The molecule has 1 aromatic heterocycles. The molecular formula is C26H27N5O5. The monoisotopic (exact) mass is 489 g/mol. The zero-order valence-corrected chi connectivity index (χ0v) is 20.1.